The second-order valence-corrected chi connectivity index (χ2v) is 7.03. The molecule has 2 aliphatic carbocycles. The van der Waals surface area contributed by atoms with Crippen LogP contribution >= 0.6 is 12.2 Å². The van der Waals surface area contributed by atoms with Crippen LogP contribution in [0.3, 0.4) is 0 Å². The fraction of sp³-hybridized carbons (Fsp3) is 0.875. The molecule has 3 N–H and O–H groups in total. The van der Waals surface area contributed by atoms with Gasteiger partial charge in [0.25, 0.3) is 0 Å². The van der Waals surface area contributed by atoms with Crippen LogP contribution in [0.25, 0.3) is 0 Å². The van der Waals surface area contributed by atoms with E-state index in [1.165, 1.54) is 51.4 Å². The van der Waals surface area contributed by atoms with Crippen molar-refractivity contribution in [3.63, 3.8) is 0 Å². The molecule has 0 aromatic heterocycles. The first kappa shape index (κ1) is 15.7. The second kappa shape index (κ2) is 7.96. The Morgan fingerprint density at radius 1 is 1.05 bits per heavy atom. The average molecular weight is 296 g/mol. The van der Waals surface area contributed by atoms with Crippen molar-refractivity contribution in [2.45, 2.75) is 76.7 Å². The van der Waals surface area contributed by atoms with Crippen LogP contribution in [0.1, 0.15) is 70.6 Å². The number of thiocarbonyl (C=S) groups is 1. The van der Waals surface area contributed by atoms with Crippen molar-refractivity contribution in [1.82, 2.24) is 5.32 Å². The third-order valence-corrected chi connectivity index (χ3v) is 5.20. The van der Waals surface area contributed by atoms with Crippen LogP contribution < -0.4 is 11.1 Å². The Bertz CT molecular complexity index is 333. The van der Waals surface area contributed by atoms with E-state index in [1.807, 2.05) is 0 Å². The number of hydrogen-bond acceptors (Lipinski definition) is 2. The summed E-state index contributed by atoms with van der Waals surface area (Å²) in [5.41, 5.74) is 5.87. The zero-order chi connectivity index (χ0) is 14.4. The Balaban J connectivity index is 1.83. The molecule has 0 spiro atoms. The van der Waals surface area contributed by atoms with Crippen molar-refractivity contribution in [2.24, 2.45) is 17.6 Å². The molecule has 2 rings (SSSR count). The van der Waals surface area contributed by atoms with E-state index in [9.17, 15) is 4.79 Å². The smallest absolute Gasteiger partial charge is 0.220 e. The van der Waals surface area contributed by atoms with Gasteiger partial charge in [0.1, 0.15) is 0 Å². The molecular weight excluding hydrogens is 268 g/mol. The van der Waals surface area contributed by atoms with Crippen molar-refractivity contribution in [2.75, 3.05) is 0 Å². The molecule has 1 amide bonds. The largest absolute Gasteiger partial charge is 0.392 e. The summed E-state index contributed by atoms with van der Waals surface area (Å²) in [5.74, 6) is 1.18. The molecule has 0 aliphatic heterocycles. The van der Waals surface area contributed by atoms with E-state index in [2.05, 4.69) is 5.32 Å². The summed E-state index contributed by atoms with van der Waals surface area (Å²) in [6.07, 6.45) is 13.0. The van der Waals surface area contributed by atoms with Crippen LogP contribution in [0.4, 0.5) is 0 Å². The second-order valence-electron chi connectivity index (χ2n) is 6.55. The van der Waals surface area contributed by atoms with Gasteiger partial charge in [0.15, 0.2) is 0 Å². The summed E-state index contributed by atoms with van der Waals surface area (Å²) in [4.78, 5) is 12.7. The molecule has 0 radical (unpaired) electrons. The molecule has 0 aromatic carbocycles. The summed E-state index contributed by atoms with van der Waals surface area (Å²) >= 11 is 5.18. The van der Waals surface area contributed by atoms with E-state index in [4.69, 9.17) is 18.0 Å². The minimum atomic E-state index is -0.0820. The van der Waals surface area contributed by atoms with Crippen LogP contribution in [0.2, 0.25) is 0 Å². The Morgan fingerprint density at radius 2 is 1.60 bits per heavy atom. The summed E-state index contributed by atoms with van der Waals surface area (Å²) in [6, 6.07) is -0.0820. The molecule has 1 atom stereocenters. The van der Waals surface area contributed by atoms with Crippen molar-refractivity contribution < 1.29 is 4.79 Å². The molecule has 20 heavy (non-hydrogen) atoms. The highest BCUT2D eigenvalue weighted by molar-refractivity contribution is 7.80. The lowest BCUT2D eigenvalue weighted by Gasteiger charge is -2.31. The standard InChI is InChI=1S/C16H28N2OS/c17-16(20)15(13-9-5-2-6-10-13)18-14(19)11-12-7-3-1-4-8-12/h12-13,15H,1-11H2,(H2,17,20)(H,18,19). The predicted octanol–water partition coefficient (Wildman–Crippen LogP) is 3.31. The summed E-state index contributed by atoms with van der Waals surface area (Å²) in [6.45, 7) is 0. The number of carbonyl (C=O) groups is 1. The highest BCUT2D eigenvalue weighted by Crippen LogP contribution is 2.28. The van der Waals surface area contributed by atoms with E-state index in [0.717, 1.165) is 12.8 Å². The Kier molecular flexibility index (Phi) is 6.27. The highest BCUT2D eigenvalue weighted by Gasteiger charge is 2.28. The molecule has 3 nitrogen and oxygen atoms in total. The van der Waals surface area contributed by atoms with Gasteiger partial charge in [-0.3, -0.25) is 4.79 Å². The SMILES string of the molecule is NC(=S)C(NC(=O)CC1CCCCC1)C1CCCCC1. The van der Waals surface area contributed by atoms with Crippen LogP contribution in [-0.4, -0.2) is 16.9 Å². The average Bonchev–Trinajstić information content (AvgIpc) is 2.46. The number of hydrogen-bond donors (Lipinski definition) is 2. The van der Waals surface area contributed by atoms with Crippen molar-refractivity contribution in [3.05, 3.63) is 0 Å². The lowest BCUT2D eigenvalue weighted by molar-refractivity contribution is -0.122. The van der Waals surface area contributed by atoms with Crippen LogP contribution in [0.15, 0.2) is 0 Å². The fourth-order valence-electron chi connectivity index (χ4n) is 3.77. The zero-order valence-electron chi connectivity index (χ0n) is 12.4. The molecule has 0 saturated heterocycles. The Labute approximate surface area is 128 Å². The van der Waals surface area contributed by atoms with Gasteiger partial charge in [-0.1, -0.05) is 50.7 Å². The molecule has 114 valence electrons. The molecule has 2 aliphatic rings. The van der Waals surface area contributed by atoms with Gasteiger partial charge in [-0.05, 0) is 37.5 Å². The first-order valence-electron chi connectivity index (χ1n) is 8.25. The first-order valence-corrected chi connectivity index (χ1v) is 8.66. The van der Waals surface area contributed by atoms with Crippen molar-refractivity contribution in [3.8, 4) is 0 Å². The summed E-state index contributed by atoms with van der Waals surface area (Å²) in [5, 5.41) is 3.13. The molecule has 2 fully saturated rings. The maximum atomic E-state index is 12.2. The molecule has 0 aromatic rings. The topological polar surface area (TPSA) is 55.1 Å². The van der Waals surface area contributed by atoms with Crippen molar-refractivity contribution in [1.29, 1.82) is 0 Å². The zero-order valence-corrected chi connectivity index (χ0v) is 13.2. The van der Waals surface area contributed by atoms with Gasteiger partial charge in [0.05, 0.1) is 11.0 Å². The van der Waals surface area contributed by atoms with E-state index >= 15 is 0 Å². The third-order valence-electron chi connectivity index (χ3n) is 4.94. The first-order chi connectivity index (χ1) is 9.66. The van der Waals surface area contributed by atoms with Gasteiger partial charge < -0.3 is 11.1 Å². The van der Waals surface area contributed by atoms with E-state index in [0.29, 0.717) is 23.2 Å². The Hall–Kier alpha value is -0.640. The maximum absolute atomic E-state index is 12.2. The van der Waals surface area contributed by atoms with Gasteiger partial charge in [-0.15, -0.1) is 0 Å². The van der Waals surface area contributed by atoms with E-state index in [1.54, 1.807) is 0 Å². The predicted molar refractivity (Wildman–Crippen MR) is 86.5 cm³/mol. The highest BCUT2D eigenvalue weighted by atomic mass is 32.1. The normalized spacial score (nSPS) is 23.2. The lowest BCUT2D eigenvalue weighted by atomic mass is 9.83. The molecule has 4 heteroatoms. The number of nitrogens with two attached hydrogens (primary N) is 1. The van der Waals surface area contributed by atoms with Crippen molar-refractivity contribution >= 4 is 23.1 Å². The molecule has 1 unspecified atom stereocenters. The van der Waals surface area contributed by atoms with Crippen LogP contribution in [-0.2, 0) is 4.79 Å². The van der Waals surface area contributed by atoms with Gasteiger partial charge in [0.2, 0.25) is 5.91 Å². The van der Waals surface area contributed by atoms with Gasteiger partial charge in [-0.25, -0.2) is 0 Å². The van der Waals surface area contributed by atoms with Gasteiger partial charge in [-0.2, -0.15) is 0 Å². The number of carbonyl (C=O) groups excluding carboxylic acids is 1. The lowest BCUT2D eigenvalue weighted by Crippen LogP contribution is -2.49. The van der Waals surface area contributed by atoms with Gasteiger partial charge >= 0.3 is 0 Å². The van der Waals surface area contributed by atoms with Crippen LogP contribution in [0, 0.1) is 11.8 Å². The number of nitrogens with one attached hydrogen (secondary N) is 1. The quantitative estimate of drug-likeness (QED) is 0.765. The monoisotopic (exact) mass is 296 g/mol. The van der Waals surface area contributed by atoms with E-state index in [-0.39, 0.29) is 11.9 Å². The third kappa shape index (κ3) is 4.72. The molecule has 0 bridgehead atoms. The molecular formula is C16H28N2OS. The fourth-order valence-corrected chi connectivity index (χ4v) is 4.03. The minimum Gasteiger partial charge on any atom is -0.392 e. The van der Waals surface area contributed by atoms with E-state index < -0.39 is 0 Å². The summed E-state index contributed by atoms with van der Waals surface area (Å²) < 4.78 is 0. The molecule has 2 saturated carbocycles. The van der Waals surface area contributed by atoms with Crippen LogP contribution in [0.5, 0.6) is 0 Å². The number of rotatable bonds is 5. The van der Waals surface area contributed by atoms with Gasteiger partial charge in [0, 0.05) is 6.42 Å². The minimum absolute atomic E-state index is 0.0820. The number of amides is 1. The summed E-state index contributed by atoms with van der Waals surface area (Å²) in [7, 11) is 0. The molecule has 0 heterocycles. The Morgan fingerprint density at radius 3 is 2.15 bits per heavy atom. The maximum Gasteiger partial charge on any atom is 0.220 e.